The van der Waals surface area contributed by atoms with E-state index in [9.17, 15) is 10.1 Å². The Morgan fingerprint density at radius 2 is 2.29 bits per heavy atom. The van der Waals surface area contributed by atoms with E-state index in [1.165, 1.54) is 6.07 Å². The van der Waals surface area contributed by atoms with Gasteiger partial charge in [0.05, 0.1) is 11.5 Å². The van der Waals surface area contributed by atoms with Gasteiger partial charge >= 0.3 is 5.69 Å². The summed E-state index contributed by atoms with van der Waals surface area (Å²) in [5, 5.41) is 11.1. The molecule has 1 heterocycles. The highest BCUT2D eigenvalue weighted by atomic mass is 16.6. The number of nitrogens with two attached hydrogens (primary N) is 1. The van der Waals surface area contributed by atoms with Gasteiger partial charge in [0.1, 0.15) is 0 Å². The lowest BCUT2D eigenvalue weighted by atomic mass is 9.94. The lowest BCUT2D eigenvalue weighted by molar-refractivity contribution is -0.385. The number of hydrogen-bond donors (Lipinski definition) is 1. The maximum atomic E-state index is 11.1. The Morgan fingerprint density at radius 3 is 2.90 bits per heavy atom. The van der Waals surface area contributed by atoms with Gasteiger partial charge in [0.25, 0.3) is 0 Å². The molecular weight excluding hydrogens is 270 g/mol. The molecule has 0 aromatic heterocycles. The van der Waals surface area contributed by atoms with Gasteiger partial charge in [-0.15, -0.1) is 0 Å². The van der Waals surface area contributed by atoms with Crippen LogP contribution in [0.3, 0.4) is 0 Å². The van der Waals surface area contributed by atoms with Crippen LogP contribution in [0.5, 0.6) is 5.75 Å². The first-order chi connectivity index (χ1) is 10.0. The first kappa shape index (κ1) is 15.6. The van der Waals surface area contributed by atoms with Crippen molar-refractivity contribution in [2.75, 3.05) is 24.6 Å². The van der Waals surface area contributed by atoms with Gasteiger partial charge in [-0.25, -0.2) is 0 Å². The number of rotatable bonds is 5. The van der Waals surface area contributed by atoms with Crippen molar-refractivity contribution >= 4 is 11.4 Å². The van der Waals surface area contributed by atoms with Gasteiger partial charge in [0.15, 0.2) is 5.75 Å². The van der Waals surface area contributed by atoms with Crippen LogP contribution in [0.25, 0.3) is 0 Å². The summed E-state index contributed by atoms with van der Waals surface area (Å²) in [5.41, 5.74) is 7.08. The number of anilines is 1. The number of piperidine rings is 1. The predicted molar refractivity (Wildman–Crippen MR) is 82.9 cm³/mol. The average Bonchev–Trinajstić information content (AvgIpc) is 2.47. The Kier molecular flexibility index (Phi) is 5.01. The lowest BCUT2D eigenvalue weighted by Crippen LogP contribution is -2.47. The van der Waals surface area contributed by atoms with Crippen LogP contribution in [0.15, 0.2) is 18.2 Å². The summed E-state index contributed by atoms with van der Waals surface area (Å²) in [7, 11) is 0. The maximum Gasteiger partial charge on any atom is 0.311 e. The molecule has 116 valence electrons. The van der Waals surface area contributed by atoms with Crippen LogP contribution in [0, 0.1) is 16.0 Å². The van der Waals surface area contributed by atoms with E-state index in [0.29, 0.717) is 18.3 Å². The minimum Gasteiger partial charge on any atom is -0.487 e. The molecule has 0 bridgehead atoms. The lowest BCUT2D eigenvalue weighted by Gasteiger charge is -2.36. The minimum atomic E-state index is -0.404. The molecule has 0 aliphatic carbocycles. The summed E-state index contributed by atoms with van der Waals surface area (Å²) in [6, 6.07) is 5.19. The quantitative estimate of drug-likeness (QED) is 0.666. The van der Waals surface area contributed by atoms with Crippen LogP contribution in [-0.4, -0.2) is 30.7 Å². The van der Waals surface area contributed by atoms with Gasteiger partial charge < -0.3 is 15.4 Å². The van der Waals surface area contributed by atoms with Crippen molar-refractivity contribution in [2.45, 2.75) is 32.7 Å². The number of benzene rings is 1. The average molecular weight is 293 g/mol. The zero-order valence-corrected chi connectivity index (χ0v) is 12.6. The van der Waals surface area contributed by atoms with Gasteiger partial charge in [-0.05, 0) is 24.8 Å². The molecule has 1 aliphatic heterocycles. The fourth-order valence-corrected chi connectivity index (χ4v) is 2.51. The summed E-state index contributed by atoms with van der Waals surface area (Å²) in [6.45, 7) is 6.29. The van der Waals surface area contributed by atoms with E-state index in [-0.39, 0.29) is 11.7 Å². The van der Waals surface area contributed by atoms with Crippen molar-refractivity contribution in [2.24, 2.45) is 11.7 Å². The van der Waals surface area contributed by atoms with E-state index in [0.717, 1.165) is 31.6 Å². The molecule has 1 aromatic carbocycles. The molecule has 2 N–H and O–H groups in total. The van der Waals surface area contributed by atoms with E-state index < -0.39 is 4.92 Å². The summed E-state index contributed by atoms with van der Waals surface area (Å²) < 4.78 is 5.53. The monoisotopic (exact) mass is 293 g/mol. The summed E-state index contributed by atoms with van der Waals surface area (Å²) in [6.07, 6.45) is 1.84. The van der Waals surface area contributed by atoms with Gasteiger partial charge in [-0.1, -0.05) is 13.8 Å². The molecule has 0 spiro atoms. The van der Waals surface area contributed by atoms with Crippen molar-refractivity contribution in [3.05, 3.63) is 28.3 Å². The van der Waals surface area contributed by atoms with Crippen LogP contribution in [-0.2, 0) is 0 Å². The Labute approximate surface area is 125 Å². The Balaban J connectivity index is 2.22. The van der Waals surface area contributed by atoms with Crippen molar-refractivity contribution in [1.29, 1.82) is 0 Å². The second kappa shape index (κ2) is 6.76. The third-order valence-corrected chi connectivity index (χ3v) is 3.98. The zero-order chi connectivity index (χ0) is 15.4. The van der Waals surface area contributed by atoms with Crippen LogP contribution < -0.4 is 15.4 Å². The largest absolute Gasteiger partial charge is 0.487 e. The number of hydrogen-bond acceptors (Lipinski definition) is 5. The highest BCUT2D eigenvalue weighted by Crippen LogP contribution is 2.33. The minimum absolute atomic E-state index is 0.0156. The molecule has 2 rings (SSSR count). The molecule has 6 nitrogen and oxygen atoms in total. The summed E-state index contributed by atoms with van der Waals surface area (Å²) in [5.74, 6) is 0.849. The summed E-state index contributed by atoms with van der Waals surface area (Å²) >= 11 is 0. The number of nitro benzene ring substituents is 1. The fourth-order valence-electron chi connectivity index (χ4n) is 2.51. The first-order valence-electron chi connectivity index (χ1n) is 7.44. The Bertz CT molecular complexity index is 507. The molecular formula is C15H23N3O3. The molecule has 0 amide bonds. The molecule has 2 unspecified atom stereocenters. The molecule has 6 heteroatoms. The van der Waals surface area contributed by atoms with Crippen LogP contribution >= 0.6 is 0 Å². The highest BCUT2D eigenvalue weighted by molar-refractivity contribution is 5.59. The molecule has 1 fully saturated rings. The van der Waals surface area contributed by atoms with Crippen LogP contribution in [0.2, 0.25) is 0 Å². The van der Waals surface area contributed by atoms with E-state index in [1.807, 2.05) is 6.92 Å². The fraction of sp³-hybridized carbons (Fsp3) is 0.600. The normalized spacial score (nSPS) is 22.1. The second-order valence-electron chi connectivity index (χ2n) is 5.63. The van der Waals surface area contributed by atoms with Gasteiger partial charge in [-0.3, -0.25) is 10.1 Å². The van der Waals surface area contributed by atoms with E-state index >= 15 is 0 Å². The number of nitro groups is 1. The third kappa shape index (κ3) is 3.64. The van der Waals surface area contributed by atoms with Crippen molar-refractivity contribution in [3.8, 4) is 5.75 Å². The third-order valence-electron chi connectivity index (χ3n) is 3.98. The zero-order valence-electron chi connectivity index (χ0n) is 12.6. The van der Waals surface area contributed by atoms with E-state index in [4.69, 9.17) is 10.5 Å². The van der Waals surface area contributed by atoms with Gasteiger partial charge in [0, 0.05) is 37.0 Å². The molecule has 1 aliphatic rings. The maximum absolute atomic E-state index is 11.1. The summed E-state index contributed by atoms with van der Waals surface area (Å²) in [4.78, 5) is 12.8. The van der Waals surface area contributed by atoms with Crippen molar-refractivity contribution < 1.29 is 9.66 Å². The van der Waals surface area contributed by atoms with Crippen molar-refractivity contribution in [3.63, 3.8) is 0 Å². The SMILES string of the molecule is CCCOc1cc(N2CCC(C)C(N)C2)ccc1[N+](=O)[O-]. The Morgan fingerprint density at radius 1 is 1.52 bits per heavy atom. The number of ether oxygens (including phenoxy) is 1. The molecule has 1 saturated heterocycles. The molecule has 0 radical (unpaired) electrons. The second-order valence-corrected chi connectivity index (χ2v) is 5.63. The van der Waals surface area contributed by atoms with E-state index in [2.05, 4.69) is 11.8 Å². The standard InChI is InChI=1S/C15H23N3O3/c1-3-8-21-15-9-12(4-5-14(15)18(19)20)17-7-6-11(2)13(16)10-17/h4-5,9,11,13H,3,6-8,10,16H2,1-2H3. The van der Waals surface area contributed by atoms with Gasteiger partial charge in [0.2, 0.25) is 0 Å². The van der Waals surface area contributed by atoms with Crippen LogP contribution in [0.4, 0.5) is 11.4 Å². The Hall–Kier alpha value is -1.82. The molecule has 2 atom stereocenters. The first-order valence-corrected chi connectivity index (χ1v) is 7.44. The topological polar surface area (TPSA) is 81.6 Å². The smallest absolute Gasteiger partial charge is 0.311 e. The molecule has 1 aromatic rings. The highest BCUT2D eigenvalue weighted by Gasteiger charge is 2.25. The molecule has 0 saturated carbocycles. The van der Waals surface area contributed by atoms with Crippen LogP contribution in [0.1, 0.15) is 26.7 Å². The van der Waals surface area contributed by atoms with Gasteiger partial charge in [-0.2, -0.15) is 0 Å². The van der Waals surface area contributed by atoms with E-state index in [1.54, 1.807) is 12.1 Å². The predicted octanol–water partition coefficient (Wildman–Crippen LogP) is 2.56. The number of nitrogens with zero attached hydrogens (tertiary/aromatic N) is 2. The van der Waals surface area contributed by atoms with Crippen molar-refractivity contribution in [1.82, 2.24) is 0 Å². The molecule has 21 heavy (non-hydrogen) atoms.